The van der Waals surface area contributed by atoms with Crippen LogP contribution in [0.15, 0.2) is 146 Å². The Hall–Kier alpha value is -6.29. The Bertz CT molecular complexity index is 2530. The number of hydrogen-bond acceptors (Lipinski definition) is 4. The van der Waals surface area contributed by atoms with Gasteiger partial charge in [-0.1, -0.05) is 128 Å². The standard InChI is InChI=1S/C48H39BN2O2Si/c1-31-16-18-33(30-50)24-42(31)51(43-29-39(54(3,4)5)21-17-32(43)2)38-27-46-48-47(28-38)53-45-26-37(35-14-10-7-11-15-35)20-23-41(45)49(48)40-22-19-36(25-44(40)52-46)34-12-8-6-9-13-34/h6-29H,1-5H3. The van der Waals surface area contributed by atoms with E-state index < -0.39 is 8.07 Å². The van der Waals surface area contributed by atoms with E-state index in [1.165, 1.54) is 5.19 Å². The molecule has 0 bridgehead atoms. The van der Waals surface area contributed by atoms with E-state index in [0.29, 0.717) is 5.56 Å². The normalized spacial score (nSPS) is 12.4. The maximum absolute atomic E-state index is 10.1. The van der Waals surface area contributed by atoms with Gasteiger partial charge in [0.15, 0.2) is 0 Å². The van der Waals surface area contributed by atoms with Crippen molar-refractivity contribution in [2.24, 2.45) is 0 Å². The van der Waals surface area contributed by atoms with Crippen LogP contribution in [-0.4, -0.2) is 14.8 Å². The average molecular weight is 715 g/mol. The van der Waals surface area contributed by atoms with Crippen molar-refractivity contribution in [2.45, 2.75) is 33.5 Å². The van der Waals surface area contributed by atoms with E-state index >= 15 is 0 Å². The summed E-state index contributed by atoms with van der Waals surface area (Å²) >= 11 is 0. The number of ether oxygens (including phenoxy) is 2. The number of nitrogens with zero attached hydrogens (tertiary/aromatic N) is 2. The summed E-state index contributed by atoms with van der Waals surface area (Å²) in [6.07, 6.45) is 0. The summed E-state index contributed by atoms with van der Waals surface area (Å²) in [6, 6.07) is 53.6. The first kappa shape index (κ1) is 33.5. The minimum absolute atomic E-state index is 0.0831. The Balaban J connectivity index is 1.29. The zero-order chi connectivity index (χ0) is 37.1. The minimum atomic E-state index is -1.68. The highest BCUT2D eigenvalue weighted by Crippen LogP contribution is 2.45. The number of fused-ring (bicyclic) bond motifs is 4. The third-order valence-corrected chi connectivity index (χ3v) is 12.9. The van der Waals surface area contributed by atoms with Crippen LogP contribution in [0.5, 0.6) is 23.0 Å². The molecule has 54 heavy (non-hydrogen) atoms. The van der Waals surface area contributed by atoms with Crippen molar-refractivity contribution >= 4 is 53.4 Å². The molecule has 2 aliphatic heterocycles. The number of benzene rings is 7. The van der Waals surface area contributed by atoms with E-state index in [2.05, 4.69) is 160 Å². The van der Waals surface area contributed by atoms with E-state index in [1.807, 2.05) is 30.3 Å². The summed E-state index contributed by atoms with van der Waals surface area (Å²) < 4.78 is 14.0. The van der Waals surface area contributed by atoms with Crippen LogP contribution in [0.2, 0.25) is 19.6 Å². The van der Waals surface area contributed by atoms with Crippen LogP contribution in [0.4, 0.5) is 17.1 Å². The average Bonchev–Trinajstić information content (AvgIpc) is 3.19. The summed E-state index contributed by atoms with van der Waals surface area (Å²) in [4.78, 5) is 2.29. The van der Waals surface area contributed by atoms with Crippen molar-refractivity contribution in [1.29, 1.82) is 5.26 Å². The van der Waals surface area contributed by atoms with Crippen LogP contribution in [0.25, 0.3) is 22.3 Å². The molecule has 9 rings (SSSR count). The third-order valence-electron chi connectivity index (χ3n) is 10.8. The fourth-order valence-electron chi connectivity index (χ4n) is 7.87. The largest absolute Gasteiger partial charge is 0.458 e. The van der Waals surface area contributed by atoms with Gasteiger partial charge in [0.25, 0.3) is 6.71 Å². The highest BCUT2D eigenvalue weighted by atomic mass is 28.3. The number of aryl methyl sites for hydroxylation is 2. The zero-order valence-electron chi connectivity index (χ0n) is 31.1. The summed E-state index contributed by atoms with van der Waals surface area (Å²) in [5.74, 6) is 3.20. The number of nitriles is 1. The van der Waals surface area contributed by atoms with Crippen molar-refractivity contribution in [3.8, 4) is 51.3 Å². The Morgan fingerprint density at radius 2 is 1.06 bits per heavy atom. The zero-order valence-corrected chi connectivity index (χ0v) is 32.1. The van der Waals surface area contributed by atoms with Gasteiger partial charge < -0.3 is 14.4 Å². The van der Waals surface area contributed by atoms with Gasteiger partial charge in [-0.25, -0.2) is 0 Å². The summed E-state index contributed by atoms with van der Waals surface area (Å²) in [6.45, 7) is 11.3. The Labute approximate surface area is 319 Å². The second kappa shape index (κ2) is 13.0. The molecule has 0 amide bonds. The molecule has 0 unspecified atom stereocenters. The van der Waals surface area contributed by atoms with Gasteiger partial charge in [0.1, 0.15) is 23.0 Å². The van der Waals surface area contributed by atoms with Crippen molar-refractivity contribution in [1.82, 2.24) is 0 Å². The fraction of sp³-hybridized carbons (Fsp3) is 0.104. The van der Waals surface area contributed by atoms with E-state index in [-0.39, 0.29) is 6.71 Å². The van der Waals surface area contributed by atoms with Crippen molar-refractivity contribution < 1.29 is 9.47 Å². The molecular weight excluding hydrogens is 675 g/mol. The van der Waals surface area contributed by atoms with Gasteiger partial charge in [0.2, 0.25) is 0 Å². The van der Waals surface area contributed by atoms with Crippen molar-refractivity contribution in [3.63, 3.8) is 0 Å². The maximum atomic E-state index is 10.1. The highest BCUT2D eigenvalue weighted by Gasteiger charge is 2.41. The Morgan fingerprint density at radius 1 is 0.537 bits per heavy atom. The molecule has 0 radical (unpaired) electrons. The van der Waals surface area contributed by atoms with Crippen LogP contribution in [-0.2, 0) is 0 Å². The molecule has 0 fully saturated rings. The Morgan fingerprint density at radius 3 is 1.57 bits per heavy atom. The van der Waals surface area contributed by atoms with E-state index in [4.69, 9.17) is 9.47 Å². The number of hydrogen-bond donors (Lipinski definition) is 0. The summed E-state index contributed by atoms with van der Waals surface area (Å²) in [5, 5.41) is 11.4. The molecule has 0 saturated carbocycles. The lowest BCUT2D eigenvalue weighted by Crippen LogP contribution is -2.57. The Kier molecular flexibility index (Phi) is 8.06. The van der Waals surface area contributed by atoms with Crippen LogP contribution in [0, 0.1) is 25.2 Å². The molecule has 7 aromatic carbocycles. The molecule has 0 spiro atoms. The first-order valence-electron chi connectivity index (χ1n) is 18.5. The van der Waals surface area contributed by atoms with Gasteiger partial charge in [-0.15, -0.1) is 0 Å². The molecule has 0 N–H and O–H groups in total. The lowest BCUT2D eigenvalue weighted by atomic mass is 9.34. The lowest BCUT2D eigenvalue weighted by molar-refractivity contribution is 0.465. The number of anilines is 3. The molecule has 7 aromatic rings. The molecule has 4 nitrogen and oxygen atoms in total. The van der Waals surface area contributed by atoms with Crippen LogP contribution >= 0.6 is 0 Å². The number of rotatable bonds is 6. The fourth-order valence-corrected chi connectivity index (χ4v) is 9.03. The maximum Gasteiger partial charge on any atom is 0.260 e. The van der Waals surface area contributed by atoms with Gasteiger partial charge in [-0.3, -0.25) is 0 Å². The predicted molar refractivity (Wildman–Crippen MR) is 227 cm³/mol. The van der Waals surface area contributed by atoms with Gasteiger partial charge in [0.05, 0.1) is 31.1 Å². The first-order valence-corrected chi connectivity index (χ1v) is 22.0. The molecule has 2 aliphatic rings. The molecule has 0 aliphatic carbocycles. The molecule has 260 valence electrons. The summed E-state index contributed by atoms with van der Waals surface area (Å²) in [7, 11) is -1.68. The van der Waals surface area contributed by atoms with Crippen LogP contribution in [0.3, 0.4) is 0 Å². The van der Waals surface area contributed by atoms with Crippen molar-refractivity contribution in [3.05, 3.63) is 162 Å². The highest BCUT2D eigenvalue weighted by molar-refractivity contribution is 6.98. The quantitative estimate of drug-likeness (QED) is 0.161. The second-order valence-corrected chi connectivity index (χ2v) is 20.5. The molecule has 0 saturated heterocycles. The van der Waals surface area contributed by atoms with E-state index in [9.17, 15) is 5.26 Å². The molecular formula is C48H39BN2O2Si. The van der Waals surface area contributed by atoms with Crippen LogP contribution in [0.1, 0.15) is 16.7 Å². The van der Waals surface area contributed by atoms with Gasteiger partial charge in [-0.2, -0.15) is 5.26 Å². The molecule has 0 aromatic heterocycles. The minimum Gasteiger partial charge on any atom is -0.458 e. The van der Waals surface area contributed by atoms with Gasteiger partial charge in [0, 0.05) is 23.3 Å². The molecule has 0 atom stereocenters. The van der Waals surface area contributed by atoms with Crippen LogP contribution < -0.4 is 35.9 Å². The molecule has 2 heterocycles. The SMILES string of the molecule is Cc1ccc(C#N)cc1N(c1cc2c3c(c1)Oc1cc(-c4ccccc4)ccc1B3c1ccc(-c3ccccc3)cc1O2)c1cc([Si](C)(C)C)ccc1C. The smallest absolute Gasteiger partial charge is 0.260 e. The lowest BCUT2D eigenvalue weighted by Gasteiger charge is -2.36. The summed E-state index contributed by atoms with van der Waals surface area (Å²) in [5.41, 5.74) is 13.5. The first-order chi connectivity index (χ1) is 26.2. The molecule has 6 heteroatoms. The monoisotopic (exact) mass is 714 g/mol. The topological polar surface area (TPSA) is 45.5 Å². The van der Waals surface area contributed by atoms with Gasteiger partial charge in [-0.05, 0) is 88.5 Å². The predicted octanol–water partition coefficient (Wildman–Crippen LogP) is 10.3. The second-order valence-electron chi connectivity index (χ2n) is 15.4. The third kappa shape index (κ3) is 5.78. The van der Waals surface area contributed by atoms with E-state index in [1.54, 1.807) is 0 Å². The van der Waals surface area contributed by atoms with Gasteiger partial charge >= 0.3 is 0 Å². The van der Waals surface area contributed by atoms with E-state index in [0.717, 1.165) is 89.8 Å². The van der Waals surface area contributed by atoms with Crippen molar-refractivity contribution in [2.75, 3.05) is 4.90 Å².